The fourth-order valence-corrected chi connectivity index (χ4v) is 2.23. The van der Waals surface area contributed by atoms with Gasteiger partial charge in [-0.15, -0.1) is 0 Å². The number of ether oxygens (including phenoxy) is 1. The van der Waals surface area contributed by atoms with Crippen molar-refractivity contribution in [2.24, 2.45) is 0 Å². The predicted molar refractivity (Wildman–Crippen MR) is 91.7 cm³/mol. The summed E-state index contributed by atoms with van der Waals surface area (Å²) < 4.78 is 6.79. The van der Waals surface area contributed by atoms with Crippen molar-refractivity contribution in [2.75, 3.05) is 5.32 Å². The van der Waals surface area contributed by atoms with E-state index in [0.717, 1.165) is 16.5 Å². The quantitative estimate of drug-likeness (QED) is 0.755. The Morgan fingerprint density at radius 2 is 1.96 bits per heavy atom. The molecular weight excluding hydrogens is 330 g/mol. The Bertz CT molecular complexity index is 901. The topological polar surface area (TPSA) is 81.9 Å². The fourth-order valence-electron chi connectivity index (χ4n) is 2.10. The minimum absolute atomic E-state index is 0.115. The Kier molecular flexibility index (Phi) is 4.11. The maximum absolute atomic E-state index is 12.1. The molecule has 8 heteroatoms. The summed E-state index contributed by atoms with van der Waals surface area (Å²) in [6.07, 6.45) is 4.36. The first kappa shape index (κ1) is 16.2. The summed E-state index contributed by atoms with van der Waals surface area (Å²) in [7, 11) is 0. The first-order chi connectivity index (χ1) is 11.3. The van der Waals surface area contributed by atoms with Gasteiger partial charge in [0.25, 0.3) is 0 Å². The van der Waals surface area contributed by atoms with Gasteiger partial charge in [0.15, 0.2) is 0 Å². The van der Waals surface area contributed by atoms with Crippen LogP contribution in [0.1, 0.15) is 20.8 Å². The Morgan fingerprint density at radius 3 is 2.67 bits per heavy atom. The minimum atomic E-state index is -0.543. The molecule has 0 fully saturated rings. The summed E-state index contributed by atoms with van der Waals surface area (Å²) in [5.74, 6) is 0.348. The van der Waals surface area contributed by atoms with Crippen LogP contribution in [-0.2, 0) is 4.74 Å². The van der Waals surface area contributed by atoms with Gasteiger partial charge in [-0.05, 0) is 44.5 Å². The molecule has 0 bridgehead atoms. The first-order valence-electron chi connectivity index (χ1n) is 7.27. The smallest absolute Gasteiger partial charge is 0.418 e. The number of hydrogen-bond acceptors (Lipinski definition) is 6. The molecule has 0 aliphatic heterocycles. The van der Waals surface area contributed by atoms with Gasteiger partial charge in [0.1, 0.15) is 11.9 Å². The zero-order valence-corrected chi connectivity index (χ0v) is 14.2. The van der Waals surface area contributed by atoms with Gasteiger partial charge in [-0.3, -0.25) is 4.57 Å². The molecule has 2 heterocycles. The number of aromatic nitrogens is 4. The van der Waals surface area contributed by atoms with E-state index >= 15 is 0 Å². The maximum Gasteiger partial charge on any atom is 0.418 e. The van der Waals surface area contributed by atoms with Crippen LogP contribution < -0.4 is 5.32 Å². The molecule has 1 aromatic carbocycles. The van der Waals surface area contributed by atoms with Gasteiger partial charge in [-0.25, -0.2) is 14.8 Å². The zero-order chi connectivity index (χ0) is 17.3. The number of nitrogens with one attached hydrogen (secondary N) is 1. The van der Waals surface area contributed by atoms with E-state index in [2.05, 4.69) is 20.3 Å². The van der Waals surface area contributed by atoms with Crippen molar-refractivity contribution in [1.29, 1.82) is 0 Å². The fraction of sp³-hybridized carbons (Fsp3) is 0.250. The van der Waals surface area contributed by atoms with Crippen LogP contribution in [0.25, 0.3) is 10.8 Å². The largest absolute Gasteiger partial charge is 0.443 e. The van der Waals surface area contributed by atoms with Crippen molar-refractivity contribution in [2.45, 2.75) is 26.4 Å². The van der Waals surface area contributed by atoms with Crippen molar-refractivity contribution in [3.8, 4) is 0 Å². The van der Waals surface area contributed by atoms with E-state index in [1.54, 1.807) is 12.4 Å². The zero-order valence-electron chi connectivity index (χ0n) is 13.4. The van der Waals surface area contributed by atoms with Crippen molar-refractivity contribution in [3.63, 3.8) is 0 Å². The van der Waals surface area contributed by atoms with E-state index in [4.69, 9.17) is 16.3 Å². The van der Waals surface area contributed by atoms with Crippen LogP contribution in [0.3, 0.4) is 0 Å². The highest BCUT2D eigenvalue weighted by Crippen LogP contribution is 2.23. The Hall–Kier alpha value is -2.67. The van der Waals surface area contributed by atoms with Crippen LogP contribution in [0.2, 0.25) is 5.28 Å². The number of halogens is 1. The molecule has 0 spiro atoms. The number of anilines is 2. The average molecular weight is 346 g/mol. The van der Waals surface area contributed by atoms with Gasteiger partial charge >= 0.3 is 6.09 Å². The number of carbonyl (C=O) groups excluding carboxylic acids is 1. The summed E-state index contributed by atoms with van der Waals surface area (Å²) in [5, 5.41) is 4.95. The predicted octanol–water partition coefficient (Wildman–Crippen LogP) is 4.01. The van der Waals surface area contributed by atoms with E-state index in [9.17, 15) is 4.79 Å². The second-order valence-electron chi connectivity index (χ2n) is 6.19. The summed E-state index contributed by atoms with van der Waals surface area (Å²) in [6, 6.07) is 5.63. The molecular formula is C16H16ClN5O2. The van der Waals surface area contributed by atoms with E-state index in [1.165, 1.54) is 10.9 Å². The van der Waals surface area contributed by atoms with E-state index in [-0.39, 0.29) is 5.28 Å². The van der Waals surface area contributed by atoms with Gasteiger partial charge in [0.2, 0.25) is 11.2 Å². The number of carbonyl (C=O) groups is 1. The molecule has 2 aromatic heterocycles. The molecule has 0 amide bonds. The lowest BCUT2D eigenvalue weighted by atomic mass is 10.2. The normalized spacial score (nSPS) is 11.5. The van der Waals surface area contributed by atoms with Crippen molar-refractivity contribution < 1.29 is 9.53 Å². The molecule has 0 aliphatic carbocycles. The Labute approximate surface area is 143 Å². The van der Waals surface area contributed by atoms with Crippen molar-refractivity contribution in [3.05, 3.63) is 42.2 Å². The van der Waals surface area contributed by atoms with Crippen LogP contribution in [-0.4, -0.2) is 31.2 Å². The second-order valence-corrected chi connectivity index (χ2v) is 6.53. The van der Waals surface area contributed by atoms with Gasteiger partial charge in [0.05, 0.1) is 0 Å². The summed E-state index contributed by atoms with van der Waals surface area (Å²) >= 11 is 5.74. The second kappa shape index (κ2) is 6.09. The molecule has 3 rings (SSSR count). The number of rotatable bonds is 2. The number of benzene rings is 1. The first-order valence-corrected chi connectivity index (χ1v) is 7.65. The van der Waals surface area contributed by atoms with E-state index in [0.29, 0.717) is 5.95 Å². The number of hydrogen-bond donors (Lipinski definition) is 1. The average Bonchev–Trinajstić information content (AvgIpc) is 2.89. The molecule has 0 saturated heterocycles. The summed E-state index contributed by atoms with van der Waals surface area (Å²) in [4.78, 5) is 23.8. The molecule has 7 nitrogen and oxygen atoms in total. The molecule has 0 aliphatic rings. The molecule has 0 unspecified atom stereocenters. The van der Waals surface area contributed by atoms with Crippen LogP contribution in [0.4, 0.5) is 16.4 Å². The lowest BCUT2D eigenvalue weighted by Crippen LogP contribution is -2.26. The standard InChI is InChI=1S/C16H16ClN5O2/c1-16(2,3)24-15(23)22-7-10-4-5-12(6-11(10)8-22)20-14-19-9-18-13(17)21-14/h4-9H,1-3H3,(H,18,19,20,21). The lowest BCUT2D eigenvalue weighted by Gasteiger charge is -2.19. The number of nitrogens with zero attached hydrogens (tertiary/aromatic N) is 4. The minimum Gasteiger partial charge on any atom is -0.443 e. The number of fused-ring (bicyclic) bond motifs is 1. The highest BCUT2D eigenvalue weighted by molar-refractivity contribution is 6.28. The van der Waals surface area contributed by atoms with Gasteiger partial charge < -0.3 is 10.1 Å². The van der Waals surface area contributed by atoms with Crippen LogP contribution in [0.5, 0.6) is 0 Å². The maximum atomic E-state index is 12.1. The van der Waals surface area contributed by atoms with E-state index in [1.807, 2.05) is 39.0 Å². The molecule has 24 heavy (non-hydrogen) atoms. The van der Waals surface area contributed by atoms with Crippen LogP contribution in [0, 0.1) is 0 Å². The molecule has 3 aromatic rings. The van der Waals surface area contributed by atoms with Gasteiger partial charge in [0, 0.05) is 28.9 Å². The van der Waals surface area contributed by atoms with Crippen molar-refractivity contribution >= 4 is 40.1 Å². The summed E-state index contributed by atoms with van der Waals surface area (Å²) in [6.45, 7) is 5.49. The highest BCUT2D eigenvalue weighted by Gasteiger charge is 2.18. The third kappa shape index (κ3) is 3.80. The third-order valence-electron chi connectivity index (χ3n) is 3.05. The lowest BCUT2D eigenvalue weighted by molar-refractivity contribution is 0.0538. The van der Waals surface area contributed by atoms with Gasteiger partial charge in [-0.2, -0.15) is 4.98 Å². The Balaban J connectivity index is 1.85. The highest BCUT2D eigenvalue weighted by atomic mass is 35.5. The molecule has 0 radical (unpaired) electrons. The van der Waals surface area contributed by atoms with Crippen LogP contribution in [0.15, 0.2) is 36.9 Å². The molecule has 0 saturated carbocycles. The molecule has 1 N–H and O–H groups in total. The van der Waals surface area contributed by atoms with Crippen molar-refractivity contribution in [1.82, 2.24) is 19.5 Å². The molecule has 0 atom stereocenters. The van der Waals surface area contributed by atoms with E-state index < -0.39 is 11.7 Å². The SMILES string of the molecule is CC(C)(C)OC(=O)n1cc2ccc(Nc3ncnc(Cl)n3)cc2c1. The third-order valence-corrected chi connectivity index (χ3v) is 3.23. The molecule has 124 valence electrons. The monoisotopic (exact) mass is 345 g/mol. The Morgan fingerprint density at radius 1 is 1.21 bits per heavy atom. The van der Waals surface area contributed by atoms with Gasteiger partial charge in [-0.1, -0.05) is 6.07 Å². The summed E-state index contributed by atoms with van der Waals surface area (Å²) in [5.41, 5.74) is 0.227. The van der Waals surface area contributed by atoms with Crippen LogP contribution >= 0.6 is 11.6 Å².